The van der Waals surface area contributed by atoms with Crippen LogP contribution in [0.5, 0.6) is 0 Å². The molecule has 1 unspecified atom stereocenters. The largest absolute Gasteiger partial charge is 0.397 e. The van der Waals surface area contributed by atoms with Gasteiger partial charge in [-0.15, -0.1) is 0 Å². The predicted octanol–water partition coefficient (Wildman–Crippen LogP) is 1.18. The Labute approximate surface area is 127 Å². The summed E-state index contributed by atoms with van der Waals surface area (Å²) in [7, 11) is 1.92. The van der Waals surface area contributed by atoms with E-state index in [4.69, 9.17) is 5.73 Å². The molecule has 0 fully saturated rings. The van der Waals surface area contributed by atoms with E-state index in [1.807, 2.05) is 14.1 Å². The van der Waals surface area contributed by atoms with Crippen molar-refractivity contribution < 1.29 is 8.42 Å². The minimum absolute atomic E-state index is 0.176. The van der Waals surface area contributed by atoms with E-state index in [1.54, 1.807) is 12.1 Å². The molecular formula is C14H26N4O2S. The zero-order valence-electron chi connectivity index (χ0n) is 13.3. The molecule has 0 aromatic heterocycles. The second-order valence-electron chi connectivity index (χ2n) is 5.71. The Kier molecular flexibility index (Phi) is 6.00. The number of hydrogen-bond donors (Lipinski definition) is 3. The van der Waals surface area contributed by atoms with Crippen LogP contribution in [-0.4, -0.2) is 47.0 Å². The van der Waals surface area contributed by atoms with Crippen LogP contribution >= 0.6 is 0 Å². The normalized spacial score (nSPS) is 13.7. The van der Waals surface area contributed by atoms with Crippen molar-refractivity contribution in [2.75, 3.05) is 38.7 Å². The molecule has 1 aromatic rings. The summed E-state index contributed by atoms with van der Waals surface area (Å²) in [6, 6.07) is 4.86. The summed E-state index contributed by atoms with van der Waals surface area (Å²) in [5, 5.41) is 3.36. The zero-order valence-corrected chi connectivity index (χ0v) is 14.2. The lowest BCUT2D eigenvalue weighted by atomic mass is 10.0. The van der Waals surface area contributed by atoms with E-state index in [-0.39, 0.29) is 10.9 Å². The molecule has 0 spiro atoms. The first-order valence-electron chi connectivity index (χ1n) is 6.91. The molecule has 0 radical (unpaired) electrons. The first-order valence-corrected chi connectivity index (χ1v) is 8.40. The number of anilines is 2. The van der Waals surface area contributed by atoms with Gasteiger partial charge in [-0.05, 0) is 45.3 Å². The van der Waals surface area contributed by atoms with Crippen LogP contribution in [-0.2, 0) is 10.0 Å². The Bertz CT molecular complexity index is 570. The van der Waals surface area contributed by atoms with Gasteiger partial charge in [0.15, 0.2) is 0 Å². The van der Waals surface area contributed by atoms with E-state index in [0.29, 0.717) is 17.3 Å². The van der Waals surface area contributed by atoms with Crippen LogP contribution in [0.1, 0.15) is 13.8 Å². The number of sulfonamides is 1. The fourth-order valence-electron chi connectivity index (χ4n) is 1.96. The van der Waals surface area contributed by atoms with Crippen molar-refractivity contribution in [3.63, 3.8) is 0 Å². The molecule has 0 heterocycles. The van der Waals surface area contributed by atoms with E-state index >= 15 is 0 Å². The standard InChI is InChI=1S/C14H26N4O2S/c1-10(2)14(9-18(4)5)17-13-8-11(6-7-12(13)15)21(19,20)16-3/h6-8,10,14,16-17H,9,15H2,1-5H3. The number of nitrogens with zero attached hydrogens (tertiary/aromatic N) is 1. The van der Waals surface area contributed by atoms with Gasteiger partial charge in [-0.3, -0.25) is 0 Å². The lowest BCUT2D eigenvalue weighted by molar-refractivity contribution is 0.344. The van der Waals surface area contributed by atoms with E-state index in [0.717, 1.165) is 6.54 Å². The van der Waals surface area contributed by atoms with E-state index in [2.05, 4.69) is 28.8 Å². The molecular weight excluding hydrogens is 288 g/mol. The topological polar surface area (TPSA) is 87.5 Å². The predicted molar refractivity (Wildman–Crippen MR) is 87.9 cm³/mol. The third-order valence-electron chi connectivity index (χ3n) is 3.31. The van der Waals surface area contributed by atoms with Crippen LogP contribution in [0.15, 0.2) is 23.1 Å². The van der Waals surface area contributed by atoms with Gasteiger partial charge < -0.3 is 16.0 Å². The number of benzene rings is 1. The number of likely N-dealkylation sites (N-methyl/N-ethyl adjacent to an activating group) is 1. The van der Waals surface area contributed by atoms with Crippen molar-refractivity contribution in [3.05, 3.63) is 18.2 Å². The first kappa shape index (κ1) is 17.7. The van der Waals surface area contributed by atoms with Crippen molar-refractivity contribution in [1.29, 1.82) is 0 Å². The minimum Gasteiger partial charge on any atom is -0.397 e. The lowest BCUT2D eigenvalue weighted by Gasteiger charge is -2.27. The van der Waals surface area contributed by atoms with Crippen LogP contribution < -0.4 is 15.8 Å². The van der Waals surface area contributed by atoms with Gasteiger partial charge >= 0.3 is 0 Å². The molecule has 21 heavy (non-hydrogen) atoms. The third-order valence-corrected chi connectivity index (χ3v) is 4.72. The van der Waals surface area contributed by atoms with Crippen molar-refractivity contribution in [2.45, 2.75) is 24.8 Å². The fourth-order valence-corrected chi connectivity index (χ4v) is 2.72. The Morgan fingerprint density at radius 3 is 2.38 bits per heavy atom. The molecule has 4 N–H and O–H groups in total. The molecule has 0 amide bonds. The van der Waals surface area contributed by atoms with Crippen LogP contribution in [0.4, 0.5) is 11.4 Å². The molecule has 1 rings (SSSR count). The maximum Gasteiger partial charge on any atom is 0.240 e. The number of rotatable bonds is 7. The van der Waals surface area contributed by atoms with Crippen molar-refractivity contribution >= 4 is 21.4 Å². The smallest absolute Gasteiger partial charge is 0.240 e. The second-order valence-corrected chi connectivity index (χ2v) is 7.60. The lowest BCUT2D eigenvalue weighted by Crippen LogP contribution is -2.36. The average molecular weight is 314 g/mol. The van der Waals surface area contributed by atoms with Gasteiger partial charge in [0.1, 0.15) is 0 Å². The molecule has 1 atom stereocenters. The van der Waals surface area contributed by atoms with Crippen molar-refractivity contribution in [1.82, 2.24) is 9.62 Å². The van der Waals surface area contributed by atoms with Gasteiger partial charge in [-0.2, -0.15) is 0 Å². The fraction of sp³-hybridized carbons (Fsp3) is 0.571. The monoisotopic (exact) mass is 314 g/mol. The summed E-state index contributed by atoms with van der Waals surface area (Å²) in [5.74, 6) is 0.386. The van der Waals surface area contributed by atoms with E-state index in [1.165, 1.54) is 13.1 Å². The molecule has 0 saturated heterocycles. The summed E-state index contributed by atoms with van der Waals surface area (Å²) in [5.41, 5.74) is 7.14. The molecule has 120 valence electrons. The molecule has 0 aliphatic heterocycles. The Balaban J connectivity index is 3.09. The van der Waals surface area contributed by atoms with E-state index < -0.39 is 10.0 Å². The van der Waals surface area contributed by atoms with Gasteiger partial charge in [0.2, 0.25) is 10.0 Å². The SMILES string of the molecule is CNS(=O)(=O)c1ccc(N)c(NC(CN(C)C)C(C)C)c1. The number of nitrogens with one attached hydrogen (secondary N) is 2. The minimum atomic E-state index is -3.47. The van der Waals surface area contributed by atoms with Gasteiger partial charge in [0.25, 0.3) is 0 Å². The number of nitrogen functional groups attached to an aromatic ring is 1. The molecule has 6 nitrogen and oxygen atoms in total. The zero-order chi connectivity index (χ0) is 16.2. The van der Waals surface area contributed by atoms with Crippen LogP contribution in [0, 0.1) is 5.92 Å². The highest BCUT2D eigenvalue weighted by atomic mass is 32.2. The highest BCUT2D eigenvalue weighted by Gasteiger charge is 2.18. The van der Waals surface area contributed by atoms with Gasteiger partial charge in [-0.25, -0.2) is 13.1 Å². The highest BCUT2D eigenvalue weighted by molar-refractivity contribution is 7.89. The molecule has 0 saturated carbocycles. The quantitative estimate of drug-likeness (QED) is 0.658. The summed E-state index contributed by atoms with van der Waals surface area (Å²) in [4.78, 5) is 2.29. The molecule has 1 aromatic carbocycles. The summed E-state index contributed by atoms with van der Waals surface area (Å²) < 4.78 is 26.1. The highest BCUT2D eigenvalue weighted by Crippen LogP contribution is 2.24. The van der Waals surface area contributed by atoms with Crippen molar-refractivity contribution in [3.8, 4) is 0 Å². The number of hydrogen-bond acceptors (Lipinski definition) is 5. The summed E-state index contributed by atoms with van der Waals surface area (Å²) in [6.45, 7) is 5.07. The van der Waals surface area contributed by atoms with Crippen molar-refractivity contribution in [2.24, 2.45) is 5.92 Å². The molecule has 0 aliphatic rings. The van der Waals surface area contributed by atoms with Crippen LogP contribution in [0.25, 0.3) is 0 Å². The summed E-state index contributed by atoms with van der Waals surface area (Å²) in [6.07, 6.45) is 0. The van der Waals surface area contributed by atoms with Gasteiger partial charge in [-0.1, -0.05) is 13.8 Å². The van der Waals surface area contributed by atoms with Crippen LogP contribution in [0.3, 0.4) is 0 Å². The maximum absolute atomic E-state index is 11.9. The Morgan fingerprint density at radius 1 is 1.29 bits per heavy atom. The molecule has 0 aliphatic carbocycles. The Hall–Kier alpha value is -1.31. The second kappa shape index (κ2) is 7.11. The average Bonchev–Trinajstić information content (AvgIpc) is 2.39. The number of nitrogens with two attached hydrogens (primary N) is 1. The van der Waals surface area contributed by atoms with Gasteiger partial charge in [0.05, 0.1) is 16.3 Å². The van der Waals surface area contributed by atoms with E-state index in [9.17, 15) is 8.42 Å². The maximum atomic E-state index is 11.9. The van der Waals surface area contributed by atoms with Gasteiger partial charge in [0, 0.05) is 12.6 Å². The first-order chi connectivity index (χ1) is 9.67. The molecule has 7 heteroatoms. The van der Waals surface area contributed by atoms with Crippen LogP contribution in [0.2, 0.25) is 0 Å². The summed E-state index contributed by atoms with van der Waals surface area (Å²) >= 11 is 0. The Morgan fingerprint density at radius 2 is 1.90 bits per heavy atom. The third kappa shape index (κ3) is 4.87. The molecule has 0 bridgehead atoms.